The Morgan fingerprint density at radius 2 is 1.73 bits per heavy atom. The largest absolute Gasteiger partial charge is 0.496 e. The second-order valence-corrected chi connectivity index (χ2v) is 7.70. The number of rotatable bonds is 5. The van der Waals surface area contributed by atoms with Crippen LogP contribution >= 0.6 is 11.3 Å². The fourth-order valence-electron chi connectivity index (χ4n) is 3.64. The van der Waals surface area contributed by atoms with Gasteiger partial charge in [-0.1, -0.05) is 12.1 Å². The summed E-state index contributed by atoms with van der Waals surface area (Å²) in [7, 11) is 4.87. The van der Waals surface area contributed by atoms with E-state index < -0.39 is 0 Å². The summed E-state index contributed by atoms with van der Waals surface area (Å²) in [5, 5.41) is 1.91. The third-order valence-corrected chi connectivity index (χ3v) is 5.91. The Balaban J connectivity index is 1.80. The topological polar surface area (TPSA) is 57.2 Å². The zero-order valence-electron chi connectivity index (χ0n) is 17.1. The van der Waals surface area contributed by atoms with Gasteiger partial charge in [-0.15, -0.1) is 11.3 Å². The Morgan fingerprint density at radius 3 is 2.37 bits per heavy atom. The fourth-order valence-corrected chi connectivity index (χ4v) is 4.34. The summed E-state index contributed by atoms with van der Waals surface area (Å²) in [6.07, 6.45) is 0. The molecule has 0 fully saturated rings. The maximum atomic E-state index is 12.9. The van der Waals surface area contributed by atoms with Crippen LogP contribution in [0.1, 0.15) is 15.2 Å². The van der Waals surface area contributed by atoms with Crippen molar-refractivity contribution >= 4 is 17.2 Å². The second-order valence-electron chi connectivity index (χ2n) is 6.76. The molecule has 1 aliphatic rings. The van der Waals surface area contributed by atoms with Gasteiger partial charge in [-0.25, -0.2) is 0 Å². The highest BCUT2D eigenvalue weighted by molar-refractivity contribution is 7.12. The van der Waals surface area contributed by atoms with Crippen LogP contribution in [0.25, 0.3) is 11.1 Å². The van der Waals surface area contributed by atoms with Gasteiger partial charge in [0.1, 0.15) is 18.1 Å². The molecule has 0 atom stereocenters. The van der Waals surface area contributed by atoms with Crippen LogP contribution in [0, 0.1) is 0 Å². The molecule has 3 aromatic rings. The van der Waals surface area contributed by atoms with Crippen LogP contribution in [-0.4, -0.2) is 45.3 Å². The smallest absolute Gasteiger partial charge is 0.264 e. The highest BCUT2D eigenvalue weighted by atomic mass is 32.1. The van der Waals surface area contributed by atoms with E-state index in [1.807, 2.05) is 47.8 Å². The molecule has 156 valence electrons. The van der Waals surface area contributed by atoms with E-state index in [1.165, 1.54) is 11.3 Å². The van der Waals surface area contributed by atoms with E-state index in [0.717, 1.165) is 16.7 Å². The minimum absolute atomic E-state index is 0.000641. The lowest BCUT2D eigenvalue weighted by Gasteiger charge is -2.20. The van der Waals surface area contributed by atoms with E-state index >= 15 is 0 Å². The van der Waals surface area contributed by atoms with E-state index in [2.05, 4.69) is 0 Å². The number of methoxy groups -OCH3 is 3. The number of thiophene rings is 1. The zero-order valence-corrected chi connectivity index (χ0v) is 18.0. The summed E-state index contributed by atoms with van der Waals surface area (Å²) < 4.78 is 22.8. The van der Waals surface area contributed by atoms with E-state index in [9.17, 15) is 4.79 Å². The van der Waals surface area contributed by atoms with Gasteiger partial charge in [0.2, 0.25) is 0 Å². The molecule has 1 amide bonds. The highest BCUT2D eigenvalue weighted by Crippen LogP contribution is 2.44. The molecular weight excluding hydrogens is 402 g/mol. The van der Waals surface area contributed by atoms with Gasteiger partial charge in [0, 0.05) is 12.1 Å². The quantitative estimate of drug-likeness (QED) is 0.603. The summed E-state index contributed by atoms with van der Waals surface area (Å²) in [5.41, 5.74) is 2.57. The normalized spacial score (nSPS) is 13.1. The first-order valence-corrected chi connectivity index (χ1v) is 10.4. The van der Waals surface area contributed by atoms with Crippen molar-refractivity contribution < 1.29 is 23.7 Å². The summed E-state index contributed by atoms with van der Waals surface area (Å²) >= 11 is 1.44. The van der Waals surface area contributed by atoms with Crippen molar-refractivity contribution in [2.45, 2.75) is 6.54 Å². The molecule has 0 saturated heterocycles. The molecule has 1 aliphatic heterocycles. The Morgan fingerprint density at radius 1 is 1.00 bits per heavy atom. The Kier molecular flexibility index (Phi) is 5.81. The van der Waals surface area contributed by atoms with E-state index in [0.29, 0.717) is 47.6 Å². The Hall–Kier alpha value is -3.19. The SMILES string of the molecule is COc1cc(-c2c(OC)cccc2OC)cc2c1OCCN(C(=O)c1cccs1)C2. The first kappa shape index (κ1) is 20.1. The van der Waals surface area contributed by atoms with Crippen LogP contribution in [0.2, 0.25) is 0 Å². The van der Waals surface area contributed by atoms with Crippen LogP contribution in [-0.2, 0) is 6.54 Å². The maximum absolute atomic E-state index is 12.9. The lowest BCUT2D eigenvalue weighted by Crippen LogP contribution is -2.31. The number of benzene rings is 2. The average Bonchev–Trinajstić information content (AvgIpc) is 3.24. The first-order valence-electron chi connectivity index (χ1n) is 9.54. The molecule has 0 saturated carbocycles. The maximum Gasteiger partial charge on any atom is 0.264 e. The number of hydrogen-bond acceptors (Lipinski definition) is 6. The van der Waals surface area contributed by atoms with Crippen LogP contribution in [0.5, 0.6) is 23.0 Å². The molecular formula is C23H23NO5S. The predicted octanol–water partition coefficient (Wildman–Crippen LogP) is 4.48. The Labute approximate surface area is 179 Å². The van der Waals surface area contributed by atoms with Gasteiger partial charge in [0.25, 0.3) is 5.91 Å². The van der Waals surface area contributed by atoms with Crippen molar-refractivity contribution in [3.8, 4) is 34.1 Å². The van der Waals surface area contributed by atoms with Crippen molar-refractivity contribution in [3.63, 3.8) is 0 Å². The van der Waals surface area contributed by atoms with Gasteiger partial charge in [0.15, 0.2) is 11.5 Å². The summed E-state index contributed by atoms with van der Waals surface area (Å²) in [4.78, 5) is 15.5. The molecule has 30 heavy (non-hydrogen) atoms. The summed E-state index contributed by atoms with van der Waals surface area (Å²) in [6.45, 7) is 1.33. The molecule has 1 aromatic heterocycles. The standard InChI is InChI=1S/C23H23NO5S/c1-26-17-6-4-7-18(27-2)21(17)15-12-16-14-24(23(25)20-8-5-11-30-20)9-10-29-22(16)19(13-15)28-3/h4-8,11-13H,9-10,14H2,1-3H3. The molecule has 7 heteroatoms. The first-order chi connectivity index (χ1) is 14.7. The number of amides is 1. The predicted molar refractivity (Wildman–Crippen MR) is 116 cm³/mol. The molecule has 0 aliphatic carbocycles. The zero-order chi connectivity index (χ0) is 21.1. The van der Waals surface area contributed by atoms with Crippen molar-refractivity contribution in [1.82, 2.24) is 4.90 Å². The molecule has 4 rings (SSSR count). The van der Waals surface area contributed by atoms with Crippen LogP contribution in [0.4, 0.5) is 0 Å². The molecule has 2 heterocycles. The van der Waals surface area contributed by atoms with Gasteiger partial charge in [-0.2, -0.15) is 0 Å². The lowest BCUT2D eigenvalue weighted by molar-refractivity contribution is 0.0738. The molecule has 0 radical (unpaired) electrons. The fraction of sp³-hybridized carbons (Fsp3) is 0.261. The van der Waals surface area contributed by atoms with E-state index in [4.69, 9.17) is 18.9 Å². The van der Waals surface area contributed by atoms with Gasteiger partial charge < -0.3 is 23.8 Å². The monoisotopic (exact) mass is 425 g/mol. The lowest BCUT2D eigenvalue weighted by atomic mass is 9.99. The highest BCUT2D eigenvalue weighted by Gasteiger charge is 2.25. The second kappa shape index (κ2) is 8.67. The average molecular weight is 426 g/mol. The van der Waals surface area contributed by atoms with Crippen molar-refractivity contribution in [3.05, 3.63) is 58.3 Å². The number of nitrogens with zero attached hydrogens (tertiary/aromatic N) is 1. The number of hydrogen-bond donors (Lipinski definition) is 0. The minimum atomic E-state index is 0.000641. The van der Waals surface area contributed by atoms with Gasteiger partial charge in [-0.3, -0.25) is 4.79 Å². The van der Waals surface area contributed by atoms with Gasteiger partial charge in [-0.05, 0) is 41.3 Å². The molecule has 0 bridgehead atoms. The summed E-state index contributed by atoms with van der Waals surface area (Å²) in [5.74, 6) is 2.66. The number of carbonyl (C=O) groups is 1. The van der Waals surface area contributed by atoms with E-state index in [-0.39, 0.29) is 5.91 Å². The van der Waals surface area contributed by atoms with Crippen LogP contribution < -0.4 is 18.9 Å². The molecule has 0 N–H and O–H groups in total. The van der Waals surface area contributed by atoms with Crippen molar-refractivity contribution in [1.29, 1.82) is 0 Å². The van der Waals surface area contributed by atoms with Crippen molar-refractivity contribution in [2.75, 3.05) is 34.5 Å². The number of fused-ring (bicyclic) bond motifs is 1. The molecule has 0 unspecified atom stereocenters. The van der Waals surface area contributed by atoms with Gasteiger partial charge in [0.05, 0.1) is 38.3 Å². The third kappa shape index (κ3) is 3.68. The molecule has 6 nitrogen and oxygen atoms in total. The molecule has 2 aromatic carbocycles. The number of carbonyl (C=O) groups excluding carboxylic acids is 1. The van der Waals surface area contributed by atoms with E-state index in [1.54, 1.807) is 26.2 Å². The van der Waals surface area contributed by atoms with Crippen LogP contribution in [0.3, 0.4) is 0 Å². The van der Waals surface area contributed by atoms with Crippen LogP contribution in [0.15, 0.2) is 47.8 Å². The minimum Gasteiger partial charge on any atom is -0.496 e. The number of ether oxygens (including phenoxy) is 4. The van der Waals surface area contributed by atoms with Crippen molar-refractivity contribution in [2.24, 2.45) is 0 Å². The third-order valence-electron chi connectivity index (χ3n) is 5.06. The molecule has 0 spiro atoms. The van der Waals surface area contributed by atoms with Gasteiger partial charge >= 0.3 is 0 Å². The Bertz CT molecular complexity index is 1030. The summed E-state index contributed by atoms with van der Waals surface area (Å²) in [6, 6.07) is 13.3.